The smallest absolute Gasteiger partial charge is 0.269 e. The molecular formula is C21H28BN3O6S. The van der Waals surface area contributed by atoms with Crippen molar-refractivity contribution < 1.29 is 35.6 Å². The van der Waals surface area contributed by atoms with Gasteiger partial charge >= 0.3 is 0 Å². The van der Waals surface area contributed by atoms with Gasteiger partial charge in [0.2, 0.25) is 17.9 Å². The van der Waals surface area contributed by atoms with Crippen LogP contribution in [0.5, 0.6) is 0 Å². The van der Waals surface area contributed by atoms with Crippen molar-refractivity contribution >= 4 is 29.4 Å². The number of rotatable bonds is 11. The Hall–Kier alpha value is -2.76. The fourth-order valence-corrected chi connectivity index (χ4v) is 4.20. The van der Waals surface area contributed by atoms with E-state index in [4.69, 9.17) is 12.3 Å². The lowest BCUT2D eigenvalue weighted by molar-refractivity contribution is -0.384. The number of aliphatic hydroxyl groups excluding tert-OH is 1. The molecule has 1 amide bonds. The van der Waals surface area contributed by atoms with Gasteiger partial charge in [-0.3, -0.25) is 14.9 Å². The Balaban J connectivity index is 2.75. The lowest BCUT2D eigenvalue weighted by Crippen LogP contribution is -2.50. The van der Waals surface area contributed by atoms with Crippen LogP contribution in [-0.4, -0.2) is 61.6 Å². The number of benzene rings is 2. The average molecular weight is 470 g/mol. The van der Waals surface area contributed by atoms with Gasteiger partial charge in [0.25, 0.3) is 5.69 Å². The first-order chi connectivity index (χ1) is 18.6. The third kappa shape index (κ3) is 7.15. The lowest BCUT2D eigenvalue weighted by atomic mass is 9.99. The van der Waals surface area contributed by atoms with E-state index in [2.05, 4.69) is 5.32 Å². The molecule has 9 nitrogen and oxygen atoms in total. The molecule has 0 bridgehead atoms. The number of nitrogens with one attached hydrogen (secondary N) is 1. The SMILES string of the molecule is [2H]C([2H])([2H])C([2H])(C([2H])([2H])[2H])C([2H])([2H])N(C[C@@H](O)[C@H](Cc1ccccc1)NC(B)=O)S(=O)(=O)c1ccc([N+](=O)[O-])cc1. The minimum atomic E-state index is -5.29. The van der Waals surface area contributed by atoms with Crippen LogP contribution in [0.25, 0.3) is 0 Å². The number of non-ortho nitro benzene ring substituents is 1. The van der Waals surface area contributed by atoms with E-state index < -0.39 is 76.1 Å². The van der Waals surface area contributed by atoms with Crippen LogP contribution < -0.4 is 5.32 Å². The van der Waals surface area contributed by atoms with Crippen LogP contribution in [0.1, 0.15) is 31.6 Å². The van der Waals surface area contributed by atoms with Gasteiger partial charge in [-0.1, -0.05) is 44.0 Å². The van der Waals surface area contributed by atoms with E-state index in [1.54, 1.807) is 30.3 Å². The topological polar surface area (TPSA) is 130 Å². The predicted octanol–water partition coefficient (Wildman–Crippen LogP) is 1.56. The van der Waals surface area contributed by atoms with Crippen LogP contribution in [0, 0.1) is 16.0 Å². The fourth-order valence-electron chi connectivity index (χ4n) is 2.91. The second-order valence-corrected chi connectivity index (χ2v) is 8.70. The van der Waals surface area contributed by atoms with Gasteiger partial charge in [-0.15, -0.1) is 0 Å². The van der Waals surface area contributed by atoms with Gasteiger partial charge in [0.1, 0.15) is 0 Å². The van der Waals surface area contributed by atoms with Crippen LogP contribution in [0.4, 0.5) is 10.5 Å². The third-order valence-corrected chi connectivity index (χ3v) is 6.07. The maximum Gasteiger partial charge on any atom is 0.269 e. The Kier molecular flexibility index (Phi) is 5.31. The highest BCUT2D eigenvalue weighted by Crippen LogP contribution is 2.21. The number of sulfonamides is 1. The van der Waals surface area contributed by atoms with Crippen molar-refractivity contribution in [2.75, 3.05) is 13.0 Å². The second kappa shape index (κ2) is 11.2. The first-order valence-corrected chi connectivity index (χ1v) is 10.8. The normalized spacial score (nSPS) is 19.4. The van der Waals surface area contributed by atoms with Gasteiger partial charge < -0.3 is 10.4 Å². The second-order valence-electron chi connectivity index (χ2n) is 6.84. The van der Waals surface area contributed by atoms with E-state index in [0.29, 0.717) is 17.7 Å². The Labute approximate surface area is 201 Å². The summed E-state index contributed by atoms with van der Waals surface area (Å²) in [6, 6.07) is 9.95. The summed E-state index contributed by atoms with van der Waals surface area (Å²) in [5, 5.41) is 24.6. The molecule has 0 spiro atoms. The Bertz CT molecular complexity index is 1330. The molecule has 0 aliphatic rings. The fraction of sp³-hybridized carbons (Fsp3) is 0.381. The first-order valence-electron chi connectivity index (χ1n) is 13.8. The summed E-state index contributed by atoms with van der Waals surface area (Å²) in [4.78, 5) is 21.3. The summed E-state index contributed by atoms with van der Waals surface area (Å²) in [6.45, 7) is -13.2. The van der Waals surface area contributed by atoms with E-state index in [0.717, 1.165) is 20.0 Å². The summed E-state index contributed by atoms with van der Waals surface area (Å²) < 4.78 is 99.1. The van der Waals surface area contributed by atoms with Crippen molar-refractivity contribution in [3.05, 3.63) is 70.3 Å². The van der Waals surface area contributed by atoms with Gasteiger partial charge in [0.15, 0.2) is 5.81 Å². The van der Waals surface area contributed by atoms with E-state index >= 15 is 0 Å². The maximum atomic E-state index is 13.8. The van der Waals surface area contributed by atoms with Gasteiger partial charge in [-0.25, -0.2) is 8.42 Å². The number of hydrogen-bond donors (Lipinski definition) is 2. The molecule has 2 N–H and O–H groups in total. The third-order valence-electron chi connectivity index (χ3n) is 4.38. The highest BCUT2D eigenvalue weighted by molar-refractivity contribution is 7.89. The van der Waals surface area contributed by atoms with Crippen LogP contribution >= 0.6 is 0 Å². The van der Waals surface area contributed by atoms with E-state index in [9.17, 15) is 28.4 Å². The predicted molar refractivity (Wildman–Crippen MR) is 124 cm³/mol. The number of nitro groups is 1. The summed E-state index contributed by atoms with van der Waals surface area (Å²) >= 11 is 0. The Morgan fingerprint density at radius 1 is 1.28 bits per heavy atom. The zero-order valence-electron chi connectivity index (χ0n) is 26.1. The Morgan fingerprint density at radius 3 is 2.44 bits per heavy atom. The van der Waals surface area contributed by atoms with E-state index in [-0.39, 0.29) is 10.7 Å². The number of aliphatic hydroxyl groups is 1. The number of nitrogens with zero attached hydrogens (tertiary/aromatic N) is 2. The number of carbonyl (C=O) groups is 1. The quantitative estimate of drug-likeness (QED) is 0.291. The molecule has 0 aliphatic carbocycles. The molecule has 0 unspecified atom stereocenters. The van der Waals surface area contributed by atoms with Crippen molar-refractivity contribution in [2.45, 2.75) is 37.2 Å². The van der Waals surface area contributed by atoms with Crippen molar-refractivity contribution in [1.82, 2.24) is 9.62 Å². The molecule has 2 aromatic rings. The summed E-state index contributed by atoms with van der Waals surface area (Å²) in [5.74, 6) is -4.73. The molecule has 2 aromatic carbocycles. The van der Waals surface area contributed by atoms with Crippen LogP contribution in [-0.2, 0) is 16.4 Å². The average Bonchev–Trinajstić information content (AvgIpc) is 2.84. The first kappa shape index (κ1) is 15.1. The van der Waals surface area contributed by atoms with Gasteiger partial charge in [0.05, 0.1) is 22.0 Å². The number of carbonyl (C=O) groups excluding carboxylic acids is 1. The Morgan fingerprint density at radius 2 is 1.91 bits per heavy atom. The number of hydrogen-bond acceptors (Lipinski definition) is 6. The van der Waals surface area contributed by atoms with Crippen LogP contribution in [0.2, 0.25) is 0 Å². The maximum absolute atomic E-state index is 13.8. The standard InChI is InChI=1S/C21H28BN3O6S/c1-15(2)13-24(32(30,31)18-10-8-17(9-11-18)25(28)29)14-20(26)19(23-21(22)27)12-16-6-4-3-5-7-16/h3-11,15,19-20,26H,12-14,22H2,1-2H3,(H,23,27)/t19-,20+/m0/s1/i1D3,2D3,13D2,15D. The molecule has 0 aromatic heterocycles. The molecular weight excluding hydrogens is 433 g/mol. The zero-order chi connectivity index (χ0) is 31.6. The van der Waals surface area contributed by atoms with Crippen molar-refractivity contribution in [2.24, 2.45) is 5.89 Å². The number of nitro benzene ring substituents is 1. The molecule has 32 heavy (non-hydrogen) atoms. The molecule has 0 aliphatic heterocycles. The van der Waals surface area contributed by atoms with Gasteiger partial charge in [-0.2, -0.15) is 4.31 Å². The van der Waals surface area contributed by atoms with Crippen molar-refractivity contribution in [3.63, 3.8) is 0 Å². The minimum Gasteiger partial charge on any atom is -0.390 e. The van der Waals surface area contributed by atoms with E-state index in [1.165, 1.54) is 0 Å². The van der Waals surface area contributed by atoms with Crippen molar-refractivity contribution in [1.29, 1.82) is 0 Å². The molecule has 11 heteroatoms. The van der Waals surface area contributed by atoms with Crippen LogP contribution in [0.3, 0.4) is 0 Å². The van der Waals surface area contributed by atoms with Crippen LogP contribution in [0.15, 0.2) is 59.5 Å². The summed E-state index contributed by atoms with van der Waals surface area (Å²) in [6.07, 6.45) is -2.06. The molecule has 2 rings (SSSR count). The van der Waals surface area contributed by atoms with Gasteiger partial charge in [0, 0.05) is 37.5 Å². The monoisotopic (exact) mass is 470 g/mol. The molecule has 172 valence electrons. The highest BCUT2D eigenvalue weighted by atomic mass is 32.2. The summed E-state index contributed by atoms with van der Waals surface area (Å²) in [5.41, 5.74) is 0.0323. The van der Waals surface area contributed by atoms with E-state index in [1.807, 2.05) is 0 Å². The molecule has 0 saturated heterocycles. The largest absolute Gasteiger partial charge is 0.390 e. The molecule has 0 saturated carbocycles. The minimum absolute atomic E-state index is 0.0967. The lowest BCUT2D eigenvalue weighted by Gasteiger charge is -2.30. The number of amides is 1. The van der Waals surface area contributed by atoms with Gasteiger partial charge in [-0.05, 0) is 30.0 Å². The highest BCUT2D eigenvalue weighted by Gasteiger charge is 2.31. The molecule has 0 fully saturated rings. The summed E-state index contributed by atoms with van der Waals surface area (Å²) in [7, 11) is -4.19. The van der Waals surface area contributed by atoms with Crippen molar-refractivity contribution in [3.8, 4) is 0 Å². The zero-order valence-corrected chi connectivity index (χ0v) is 17.9. The molecule has 0 heterocycles. The molecule has 2 atom stereocenters. The molecule has 0 radical (unpaired) electrons.